The molecule has 1 aromatic rings. The number of hydrogen-bond donors (Lipinski definition) is 1. The van der Waals surface area contributed by atoms with E-state index in [1.807, 2.05) is 0 Å². The quantitative estimate of drug-likeness (QED) is 0.677. The first-order chi connectivity index (χ1) is 5.75. The summed E-state index contributed by atoms with van der Waals surface area (Å²) >= 11 is 0. The van der Waals surface area contributed by atoms with Crippen molar-refractivity contribution in [3.8, 4) is 0 Å². The van der Waals surface area contributed by atoms with Gasteiger partial charge in [0.25, 0.3) is 0 Å². The molecule has 1 aromatic heterocycles. The van der Waals surface area contributed by atoms with Gasteiger partial charge in [-0.2, -0.15) is 4.98 Å². The Hall–Kier alpha value is -0.970. The highest BCUT2D eigenvalue weighted by atomic mass is 19.1. The SMILES string of the molecule is Cc1noc([C@H]2C[C@H](F)CN2)n1. The Morgan fingerprint density at radius 2 is 2.50 bits per heavy atom. The molecular weight excluding hydrogens is 161 g/mol. The standard InChI is InChI=1S/C7H10FN3O/c1-4-10-7(12-11-4)6-2-5(8)3-9-6/h5-6,9H,2-3H2,1H3/t5-,6+/m0/s1. The fraction of sp³-hybridized carbons (Fsp3) is 0.714. The summed E-state index contributed by atoms with van der Waals surface area (Å²) in [4.78, 5) is 4.02. The maximum absolute atomic E-state index is 12.7. The maximum atomic E-state index is 12.7. The summed E-state index contributed by atoms with van der Waals surface area (Å²) in [5.41, 5.74) is 0. The van der Waals surface area contributed by atoms with Crippen LogP contribution in [0.2, 0.25) is 0 Å². The van der Waals surface area contributed by atoms with Gasteiger partial charge in [-0.15, -0.1) is 0 Å². The largest absolute Gasteiger partial charge is 0.338 e. The van der Waals surface area contributed by atoms with Crippen LogP contribution in [-0.2, 0) is 0 Å². The first kappa shape index (κ1) is 7.67. The molecular formula is C7H10FN3O. The van der Waals surface area contributed by atoms with E-state index in [0.29, 0.717) is 24.7 Å². The van der Waals surface area contributed by atoms with Crippen molar-refractivity contribution in [3.63, 3.8) is 0 Å². The summed E-state index contributed by atoms with van der Waals surface area (Å²) in [7, 11) is 0. The molecule has 0 unspecified atom stereocenters. The number of nitrogens with one attached hydrogen (secondary N) is 1. The average Bonchev–Trinajstić information content (AvgIpc) is 2.58. The second kappa shape index (κ2) is 2.82. The minimum atomic E-state index is -0.790. The summed E-state index contributed by atoms with van der Waals surface area (Å²) in [5, 5.41) is 6.60. The predicted octanol–water partition coefficient (Wildman–Crippen LogP) is 0.751. The van der Waals surface area contributed by atoms with Gasteiger partial charge in [-0.1, -0.05) is 5.16 Å². The highest BCUT2D eigenvalue weighted by Gasteiger charge is 2.28. The van der Waals surface area contributed by atoms with E-state index in [4.69, 9.17) is 4.52 Å². The monoisotopic (exact) mass is 171 g/mol. The molecule has 0 saturated carbocycles. The molecule has 0 amide bonds. The van der Waals surface area contributed by atoms with Gasteiger partial charge in [0.15, 0.2) is 5.82 Å². The molecule has 0 spiro atoms. The molecule has 0 aliphatic carbocycles. The Labute approximate surface area is 69.2 Å². The lowest BCUT2D eigenvalue weighted by Gasteiger charge is -2.00. The van der Waals surface area contributed by atoms with Crippen LogP contribution < -0.4 is 5.32 Å². The number of aryl methyl sites for hydroxylation is 1. The molecule has 4 nitrogen and oxygen atoms in total. The van der Waals surface area contributed by atoms with Gasteiger partial charge in [-0.25, -0.2) is 4.39 Å². The number of nitrogens with zero attached hydrogens (tertiary/aromatic N) is 2. The molecule has 0 radical (unpaired) electrons. The minimum absolute atomic E-state index is 0.0961. The normalized spacial score (nSPS) is 29.5. The fourth-order valence-corrected chi connectivity index (χ4v) is 1.34. The van der Waals surface area contributed by atoms with Crippen LogP contribution in [0.5, 0.6) is 0 Å². The lowest BCUT2D eigenvalue weighted by atomic mass is 10.2. The lowest BCUT2D eigenvalue weighted by Crippen LogP contribution is -2.14. The van der Waals surface area contributed by atoms with E-state index in [1.165, 1.54) is 0 Å². The molecule has 1 aliphatic rings. The fourth-order valence-electron chi connectivity index (χ4n) is 1.34. The van der Waals surface area contributed by atoms with Crippen molar-refractivity contribution in [1.29, 1.82) is 0 Å². The van der Waals surface area contributed by atoms with Crippen molar-refractivity contribution < 1.29 is 8.91 Å². The molecule has 2 atom stereocenters. The molecule has 5 heteroatoms. The van der Waals surface area contributed by atoms with Crippen LogP contribution in [0.3, 0.4) is 0 Å². The highest BCUT2D eigenvalue weighted by Crippen LogP contribution is 2.23. The van der Waals surface area contributed by atoms with Crippen LogP contribution >= 0.6 is 0 Å². The van der Waals surface area contributed by atoms with E-state index in [-0.39, 0.29) is 6.04 Å². The zero-order valence-electron chi connectivity index (χ0n) is 6.75. The van der Waals surface area contributed by atoms with Crippen LogP contribution in [0.15, 0.2) is 4.52 Å². The molecule has 1 aliphatic heterocycles. The van der Waals surface area contributed by atoms with Crippen LogP contribution in [0.25, 0.3) is 0 Å². The predicted molar refractivity (Wildman–Crippen MR) is 39.3 cm³/mol. The average molecular weight is 171 g/mol. The highest BCUT2D eigenvalue weighted by molar-refractivity contribution is 4.96. The van der Waals surface area contributed by atoms with Crippen molar-refractivity contribution in [2.24, 2.45) is 0 Å². The van der Waals surface area contributed by atoms with Crippen LogP contribution in [-0.4, -0.2) is 22.9 Å². The summed E-state index contributed by atoms with van der Waals surface area (Å²) in [6, 6.07) is -0.0961. The zero-order chi connectivity index (χ0) is 8.55. The Morgan fingerprint density at radius 3 is 3.00 bits per heavy atom. The van der Waals surface area contributed by atoms with Crippen molar-refractivity contribution in [3.05, 3.63) is 11.7 Å². The van der Waals surface area contributed by atoms with E-state index in [1.54, 1.807) is 6.92 Å². The first-order valence-corrected chi connectivity index (χ1v) is 3.93. The second-order valence-electron chi connectivity index (χ2n) is 2.97. The van der Waals surface area contributed by atoms with E-state index in [2.05, 4.69) is 15.5 Å². The van der Waals surface area contributed by atoms with E-state index < -0.39 is 6.17 Å². The Kier molecular flexibility index (Phi) is 1.80. The van der Waals surface area contributed by atoms with Crippen molar-refractivity contribution in [2.75, 3.05) is 6.54 Å². The molecule has 1 saturated heterocycles. The van der Waals surface area contributed by atoms with Crippen molar-refractivity contribution in [2.45, 2.75) is 25.6 Å². The number of alkyl halides is 1. The zero-order valence-corrected chi connectivity index (χ0v) is 6.75. The molecule has 12 heavy (non-hydrogen) atoms. The third kappa shape index (κ3) is 1.32. The summed E-state index contributed by atoms with van der Waals surface area (Å²) in [5.74, 6) is 1.08. The Morgan fingerprint density at radius 1 is 1.67 bits per heavy atom. The van der Waals surface area contributed by atoms with E-state index >= 15 is 0 Å². The molecule has 2 rings (SSSR count). The van der Waals surface area contributed by atoms with Gasteiger partial charge in [-0.05, 0) is 6.92 Å². The molecule has 0 bridgehead atoms. The number of rotatable bonds is 1. The number of halogens is 1. The first-order valence-electron chi connectivity index (χ1n) is 3.93. The van der Waals surface area contributed by atoms with E-state index in [9.17, 15) is 4.39 Å². The topological polar surface area (TPSA) is 51.0 Å². The van der Waals surface area contributed by atoms with Crippen LogP contribution in [0.1, 0.15) is 24.2 Å². The maximum Gasteiger partial charge on any atom is 0.243 e. The molecule has 66 valence electrons. The molecule has 1 fully saturated rings. The summed E-state index contributed by atoms with van der Waals surface area (Å²) in [6.07, 6.45) is -0.357. The van der Waals surface area contributed by atoms with Gasteiger partial charge in [0.05, 0.1) is 6.04 Å². The molecule has 0 aromatic carbocycles. The number of hydrogen-bond acceptors (Lipinski definition) is 4. The Balaban J connectivity index is 2.11. The summed E-state index contributed by atoms with van der Waals surface area (Å²) < 4.78 is 17.6. The molecule has 1 N–H and O–H groups in total. The van der Waals surface area contributed by atoms with Gasteiger partial charge in [0.2, 0.25) is 5.89 Å². The lowest BCUT2D eigenvalue weighted by molar-refractivity contribution is 0.323. The second-order valence-corrected chi connectivity index (χ2v) is 2.97. The third-order valence-electron chi connectivity index (χ3n) is 1.92. The van der Waals surface area contributed by atoms with Crippen molar-refractivity contribution in [1.82, 2.24) is 15.5 Å². The number of aromatic nitrogens is 2. The van der Waals surface area contributed by atoms with E-state index in [0.717, 1.165) is 0 Å². The van der Waals surface area contributed by atoms with Gasteiger partial charge in [0.1, 0.15) is 6.17 Å². The van der Waals surface area contributed by atoms with Gasteiger partial charge < -0.3 is 9.84 Å². The van der Waals surface area contributed by atoms with Crippen LogP contribution in [0.4, 0.5) is 4.39 Å². The van der Waals surface area contributed by atoms with Gasteiger partial charge in [-0.3, -0.25) is 0 Å². The summed E-state index contributed by atoms with van der Waals surface area (Å²) in [6.45, 7) is 2.13. The smallest absolute Gasteiger partial charge is 0.243 e. The minimum Gasteiger partial charge on any atom is -0.338 e. The Bertz CT molecular complexity index is 275. The molecule has 2 heterocycles. The van der Waals surface area contributed by atoms with Crippen LogP contribution in [0, 0.1) is 6.92 Å². The van der Waals surface area contributed by atoms with Gasteiger partial charge >= 0.3 is 0 Å². The third-order valence-corrected chi connectivity index (χ3v) is 1.92. The van der Waals surface area contributed by atoms with Gasteiger partial charge in [0, 0.05) is 13.0 Å². The van der Waals surface area contributed by atoms with Crippen molar-refractivity contribution >= 4 is 0 Å².